The minimum Gasteiger partial charge on any atom is -0.396 e. The Morgan fingerprint density at radius 3 is 2.87 bits per heavy atom. The molecule has 3 aromatic rings. The Morgan fingerprint density at radius 2 is 2.09 bits per heavy atom. The van der Waals surface area contributed by atoms with Gasteiger partial charge in [-0.2, -0.15) is 9.61 Å². The second-order valence-corrected chi connectivity index (χ2v) is 6.35. The smallest absolute Gasteiger partial charge is 0.172 e. The number of halogens is 2. The molecule has 0 aliphatic carbocycles. The lowest BCUT2D eigenvalue weighted by Crippen LogP contribution is -2.08. The number of unbranched alkanes of at least 4 members (excludes halogenated alkanes) is 1. The lowest BCUT2D eigenvalue weighted by atomic mass is 10.1. The molecule has 0 spiro atoms. The number of nitrogens with one attached hydrogen (secondary N) is 1. The molecular formula is C16H16BrClN4O. The van der Waals surface area contributed by atoms with Crippen molar-refractivity contribution >= 4 is 39.0 Å². The number of nitrogens with zero attached hydrogens (tertiary/aromatic N) is 3. The molecule has 0 aliphatic heterocycles. The fourth-order valence-electron chi connectivity index (χ4n) is 2.32. The van der Waals surface area contributed by atoms with E-state index in [1.54, 1.807) is 10.7 Å². The summed E-state index contributed by atoms with van der Waals surface area (Å²) in [4.78, 5) is 4.66. The van der Waals surface area contributed by atoms with Crippen LogP contribution < -0.4 is 5.32 Å². The molecule has 0 unspecified atom stereocenters. The number of benzene rings is 1. The van der Waals surface area contributed by atoms with Crippen molar-refractivity contribution in [1.82, 2.24) is 14.6 Å². The number of aliphatic hydroxyl groups excluding tert-OH is 1. The van der Waals surface area contributed by atoms with Crippen LogP contribution in [0.5, 0.6) is 0 Å². The van der Waals surface area contributed by atoms with Crippen molar-refractivity contribution in [2.24, 2.45) is 0 Å². The Hall–Kier alpha value is -1.63. The number of hydrogen-bond acceptors (Lipinski definition) is 4. The Labute approximate surface area is 147 Å². The number of aromatic nitrogens is 3. The van der Waals surface area contributed by atoms with E-state index in [9.17, 15) is 0 Å². The van der Waals surface area contributed by atoms with Crippen molar-refractivity contribution in [2.75, 3.05) is 18.5 Å². The fraction of sp³-hybridized carbons (Fsp3) is 0.250. The van der Waals surface area contributed by atoms with Crippen molar-refractivity contribution in [1.29, 1.82) is 0 Å². The Morgan fingerprint density at radius 1 is 1.26 bits per heavy atom. The van der Waals surface area contributed by atoms with Crippen LogP contribution in [0.4, 0.5) is 5.82 Å². The molecule has 0 radical (unpaired) electrons. The Bertz CT molecular complexity index is 821. The maximum Gasteiger partial charge on any atom is 0.172 e. The van der Waals surface area contributed by atoms with Crippen LogP contribution in [0.3, 0.4) is 0 Å². The summed E-state index contributed by atoms with van der Waals surface area (Å²) >= 11 is 9.78. The average molecular weight is 396 g/mol. The van der Waals surface area contributed by atoms with E-state index in [1.807, 2.05) is 30.3 Å². The van der Waals surface area contributed by atoms with Crippen LogP contribution >= 0.6 is 27.5 Å². The molecule has 7 heteroatoms. The lowest BCUT2D eigenvalue weighted by Gasteiger charge is -2.11. The molecule has 1 aromatic carbocycles. The predicted molar refractivity (Wildman–Crippen MR) is 95.9 cm³/mol. The first-order valence-corrected chi connectivity index (χ1v) is 8.51. The maximum atomic E-state index is 8.89. The second kappa shape index (κ2) is 7.29. The van der Waals surface area contributed by atoms with Crippen LogP contribution in [0.25, 0.3) is 16.9 Å². The van der Waals surface area contributed by atoms with Gasteiger partial charge in [-0.1, -0.05) is 29.8 Å². The van der Waals surface area contributed by atoms with Crippen molar-refractivity contribution in [3.8, 4) is 11.3 Å². The van der Waals surface area contributed by atoms with E-state index in [0.717, 1.165) is 46.6 Å². The summed E-state index contributed by atoms with van der Waals surface area (Å²) in [5, 5.41) is 17.2. The zero-order valence-electron chi connectivity index (χ0n) is 12.3. The van der Waals surface area contributed by atoms with Gasteiger partial charge >= 0.3 is 0 Å². The third kappa shape index (κ3) is 3.49. The van der Waals surface area contributed by atoms with Gasteiger partial charge in [0.15, 0.2) is 5.65 Å². The van der Waals surface area contributed by atoms with Gasteiger partial charge in [0.2, 0.25) is 0 Å². The average Bonchev–Trinajstić information content (AvgIpc) is 2.93. The van der Waals surface area contributed by atoms with Crippen LogP contribution in [-0.2, 0) is 0 Å². The van der Waals surface area contributed by atoms with Crippen molar-refractivity contribution in [2.45, 2.75) is 12.8 Å². The molecule has 0 bridgehead atoms. The summed E-state index contributed by atoms with van der Waals surface area (Å²) < 4.78 is 2.58. The van der Waals surface area contributed by atoms with Crippen LogP contribution in [-0.4, -0.2) is 32.9 Å². The van der Waals surface area contributed by atoms with Crippen LogP contribution in [0, 0.1) is 0 Å². The molecule has 2 N–H and O–H groups in total. The highest BCUT2D eigenvalue weighted by Gasteiger charge is 2.12. The molecule has 0 amide bonds. The van der Waals surface area contributed by atoms with Gasteiger partial charge in [-0.25, -0.2) is 4.98 Å². The normalized spacial score (nSPS) is 11.1. The minimum atomic E-state index is 0.200. The monoisotopic (exact) mass is 394 g/mol. The molecule has 0 atom stereocenters. The molecule has 120 valence electrons. The summed E-state index contributed by atoms with van der Waals surface area (Å²) in [7, 11) is 0. The van der Waals surface area contributed by atoms with Crippen molar-refractivity contribution in [3.05, 3.63) is 46.0 Å². The lowest BCUT2D eigenvalue weighted by molar-refractivity contribution is 0.286. The third-order valence-electron chi connectivity index (χ3n) is 3.47. The molecule has 2 heterocycles. The summed E-state index contributed by atoms with van der Waals surface area (Å²) in [6.07, 6.45) is 3.36. The zero-order chi connectivity index (χ0) is 16.2. The number of fused-ring (bicyclic) bond motifs is 1. The summed E-state index contributed by atoms with van der Waals surface area (Å²) in [5.74, 6) is 0.841. The minimum absolute atomic E-state index is 0.200. The van der Waals surface area contributed by atoms with Gasteiger partial charge in [-0.15, -0.1) is 0 Å². The van der Waals surface area contributed by atoms with Gasteiger partial charge < -0.3 is 10.4 Å². The molecule has 5 nitrogen and oxygen atoms in total. The summed E-state index contributed by atoms with van der Waals surface area (Å²) in [6.45, 7) is 0.949. The van der Waals surface area contributed by atoms with Gasteiger partial charge in [-0.3, -0.25) is 0 Å². The van der Waals surface area contributed by atoms with Gasteiger partial charge in [0.05, 0.1) is 16.4 Å². The molecular weight excluding hydrogens is 380 g/mol. The molecule has 0 saturated heterocycles. The summed E-state index contributed by atoms with van der Waals surface area (Å²) in [5.41, 5.74) is 2.39. The molecule has 23 heavy (non-hydrogen) atoms. The van der Waals surface area contributed by atoms with Crippen LogP contribution in [0.1, 0.15) is 12.8 Å². The van der Waals surface area contributed by atoms with Crippen LogP contribution in [0.2, 0.25) is 5.02 Å². The highest BCUT2D eigenvalue weighted by atomic mass is 79.9. The van der Waals surface area contributed by atoms with Crippen molar-refractivity contribution in [3.63, 3.8) is 0 Å². The number of rotatable bonds is 6. The van der Waals surface area contributed by atoms with Gasteiger partial charge in [0.25, 0.3) is 0 Å². The highest BCUT2D eigenvalue weighted by molar-refractivity contribution is 9.10. The zero-order valence-corrected chi connectivity index (χ0v) is 14.7. The van der Waals surface area contributed by atoms with E-state index in [4.69, 9.17) is 16.7 Å². The summed E-state index contributed by atoms with van der Waals surface area (Å²) in [6, 6.07) is 9.57. The van der Waals surface area contributed by atoms with Gasteiger partial charge in [-0.05, 0) is 34.8 Å². The SMILES string of the molecule is OCCCCNc1cc(-c2ccccc2Cl)nc2c(Br)cnn12. The third-order valence-corrected chi connectivity index (χ3v) is 4.36. The number of hydrogen-bond donors (Lipinski definition) is 2. The number of anilines is 1. The van der Waals surface area contributed by atoms with E-state index in [-0.39, 0.29) is 6.61 Å². The van der Waals surface area contributed by atoms with Gasteiger partial charge in [0, 0.05) is 29.8 Å². The quantitative estimate of drug-likeness (QED) is 0.619. The standard InChI is InChI=1S/C16H16BrClN4O/c17-12-10-20-22-15(19-7-3-4-8-23)9-14(21-16(12)22)11-5-1-2-6-13(11)18/h1-2,5-6,9-10,19,23H,3-4,7-8H2. The van der Waals surface area contributed by atoms with E-state index < -0.39 is 0 Å². The molecule has 0 fully saturated rings. The highest BCUT2D eigenvalue weighted by Crippen LogP contribution is 2.30. The first kappa shape index (κ1) is 16.2. The topological polar surface area (TPSA) is 62.5 Å². The first-order chi connectivity index (χ1) is 11.2. The number of aliphatic hydroxyl groups is 1. The van der Waals surface area contributed by atoms with E-state index in [0.29, 0.717) is 5.02 Å². The second-order valence-electron chi connectivity index (χ2n) is 5.09. The first-order valence-electron chi connectivity index (χ1n) is 7.34. The Kier molecular flexibility index (Phi) is 5.15. The molecule has 3 rings (SSSR count). The molecule has 0 aliphatic rings. The predicted octanol–water partition coefficient (Wildman–Crippen LogP) is 4.00. The Balaban J connectivity index is 2.02. The largest absolute Gasteiger partial charge is 0.396 e. The van der Waals surface area contributed by atoms with Crippen LogP contribution in [0.15, 0.2) is 41.0 Å². The fourth-order valence-corrected chi connectivity index (χ4v) is 2.90. The van der Waals surface area contributed by atoms with Crippen molar-refractivity contribution < 1.29 is 5.11 Å². The molecule has 2 aromatic heterocycles. The maximum absolute atomic E-state index is 8.89. The van der Waals surface area contributed by atoms with Gasteiger partial charge in [0.1, 0.15) is 5.82 Å². The molecule has 0 saturated carbocycles. The van der Waals surface area contributed by atoms with E-state index in [1.165, 1.54) is 0 Å². The van der Waals surface area contributed by atoms with E-state index in [2.05, 4.69) is 31.3 Å². The van der Waals surface area contributed by atoms with E-state index >= 15 is 0 Å².